The predicted molar refractivity (Wildman–Crippen MR) is 66.7 cm³/mol. The lowest BCUT2D eigenvalue weighted by Gasteiger charge is -2.42. The van der Waals surface area contributed by atoms with E-state index in [9.17, 15) is 0 Å². The quantitative estimate of drug-likeness (QED) is 0.788. The van der Waals surface area contributed by atoms with Gasteiger partial charge < -0.3 is 10.1 Å². The van der Waals surface area contributed by atoms with Crippen molar-refractivity contribution in [2.24, 2.45) is 0 Å². The first-order valence-electron chi connectivity index (χ1n) is 6.87. The van der Waals surface area contributed by atoms with E-state index in [4.69, 9.17) is 4.74 Å². The molecule has 2 fully saturated rings. The Hall–Kier alpha value is -0.120. The second-order valence-electron chi connectivity index (χ2n) is 5.09. The number of rotatable bonds is 4. The second kappa shape index (κ2) is 5.99. The Balaban J connectivity index is 1.99. The first-order chi connectivity index (χ1) is 7.86. The van der Waals surface area contributed by atoms with Crippen LogP contribution < -0.4 is 5.32 Å². The van der Waals surface area contributed by atoms with Gasteiger partial charge >= 0.3 is 0 Å². The number of ether oxygens (including phenoxy) is 1. The summed E-state index contributed by atoms with van der Waals surface area (Å²) in [5, 5.41) is 3.47. The summed E-state index contributed by atoms with van der Waals surface area (Å²) in [7, 11) is 2.09. The Labute approximate surface area is 99.5 Å². The Bertz CT molecular complexity index is 202. The summed E-state index contributed by atoms with van der Waals surface area (Å²) in [5.41, 5.74) is 0. The summed E-state index contributed by atoms with van der Waals surface area (Å²) >= 11 is 0. The van der Waals surface area contributed by atoms with Gasteiger partial charge in [-0.05, 0) is 32.9 Å². The van der Waals surface area contributed by atoms with Crippen LogP contribution in [-0.4, -0.2) is 49.8 Å². The van der Waals surface area contributed by atoms with Crippen LogP contribution in [0.5, 0.6) is 0 Å². The lowest BCUT2D eigenvalue weighted by Crippen LogP contribution is -2.57. The summed E-state index contributed by atoms with van der Waals surface area (Å²) in [6.07, 6.45) is 6.77. The van der Waals surface area contributed by atoms with Gasteiger partial charge in [0.2, 0.25) is 0 Å². The third-order valence-corrected chi connectivity index (χ3v) is 4.28. The van der Waals surface area contributed by atoms with Crippen molar-refractivity contribution in [3.05, 3.63) is 0 Å². The van der Waals surface area contributed by atoms with E-state index < -0.39 is 0 Å². The van der Waals surface area contributed by atoms with Crippen LogP contribution in [0.3, 0.4) is 0 Å². The van der Waals surface area contributed by atoms with Crippen molar-refractivity contribution in [3.8, 4) is 0 Å². The fourth-order valence-corrected chi connectivity index (χ4v) is 3.39. The van der Waals surface area contributed by atoms with E-state index in [0.717, 1.165) is 32.2 Å². The highest BCUT2D eigenvalue weighted by Gasteiger charge is 2.33. The average Bonchev–Trinajstić information content (AvgIpc) is 2.84. The smallest absolute Gasteiger partial charge is 0.0637 e. The minimum Gasteiger partial charge on any atom is -0.380 e. The molecule has 2 rings (SSSR count). The maximum absolute atomic E-state index is 5.67. The fourth-order valence-electron chi connectivity index (χ4n) is 3.39. The number of hydrogen-bond acceptors (Lipinski definition) is 3. The van der Waals surface area contributed by atoms with Crippen LogP contribution in [0.25, 0.3) is 0 Å². The van der Waals surface area contributed by atoms with Crippen molar-refractivity contribution < 1.29 is 4.74 Å². The molecule has 0 spiro atoms. The lowest BCUT2D eigenvalue weighted by atomic mass is 9.99. The molecule has 1 aliphatic carbocycles. The highest BCUT2D eigenvalue weighted by Crippen LogP contribution is 2.27. The topological polar surface area (TPSA) is 24.5 Å². The van der Waals surface area contributed by atoms with E-state index in [1.54, 1.807) is 0 Å². The van der Waals surface area contributed by atoms with E-state index in [2.05, 4.69) is 24.2 Å². The maximum Gasteiger partial charge on any atom is 0.0637 e. The summed E-state index contributed by atoms with van der Waals surface area (Å²) in [4.78, 5) is 2.69. The Kier molecular flexibility index (Phi) is 4.62. The lowest BCUT2D eigenvalue weighted by molar-refractivity contribution is -0.0151. The molecule has 1 N–H and O–H groups in total. The van der Waals surface area contributed by atoms with Gasteiger partial charge in [0.05, 0.1) is 6.61 Å². The van der Waals surface area contributed by atoms with Gasteiger partial charge in [-0.1, -0.05) is 19.8 Å². The zero-order valence-corrected chi connectivity index (χ0v) is 10.7. The van der Waals surface area contributed by atoms with Gasteiger partial charge in [0.15, 0.2) is 0 Å². The fraction of sp³-hybridized carbons (Fsp3) is 1.00. The molecule has 1 aliphatic heterocycles. The molecule has 0 amide bonds. The molecule has 0 radical (unpaired) electrons. The van der Waals surface area contributed by atoms with Gasteiger partial charge in [0, 0.05) is 24.7 Å². The van der Waals surface area contributed by atoms with Crippen molar-refractivity contribution in [1.29, 1.82) is 0 Å². The van der Waals surface area contributed by atoms with Gasteiger partial charge in [-0.3, -0.25) is 4.90 Å². The maximum atomic E-state index is 5.67. The van der Waals surface area contributed by atoms with Crippen molar-refractivity contribution in [2.45, 2.75) is 57.2 Å². The normalized spacial score (nSPS) is 32.4. The largest absolute Gasteiger partial charge is 0.380 e. The third kappa shape index (κ3) is 2.58. The third-order valence-electron chi connectivity index (χ3n) is 4.28. The highest BCUT2D eigenvalue weighted by atomic mass is 16.5. The van der Waals surface area contributed by atoms with Crippen LogP contribution in [0, 0.1) is 0 Å². The monoisotopic (exact) mass is 226 g/mol. The number of nitrogens with zero attached hydrogens (tertiary/aromatic N) is 1. The molecule has 3 nitrogen and oxygen atoms in total. The van der Waals surface area contributed by atoms with E-state index in [1.165, 1.54) is 25.7 Å². The van der Waals surface area contributed by atoms with E-state index in [0.29, 0.717) is 12.1 Å². The van der Waals surface area contributed by atoms with Gasteiger partial charge in [0.1, 0.15) is 0 Å². The summed E-state index contributed by atoms with van der Waals surface area (Å²) in [5.74, 6) is 0. The zero-order chi connectivity index (χ0) is 11.4. The Morgan fingerprint density at radius 1 is 1.25 bits per heavy atom. The summed E-state index contributed by atoms with van der Waals surface area (Å²) < 4.78 is 5.67. The van der Waals surface area contributed by atoms with Gasteiger partial charge in [-0.15, -0.1) is 0 Å². The van der Waals surface area contributed by atoms with Crippen molar-refractivity contribution in [1.82, 2.24) is 10.2 Å². The predicted octanol–water partition coefficient (Wildman–Crippen LogP) is 1.63. The number of hydrogen-bond donors (Lipinski definition) is 1. The Morgan fingerprint density at radius 3 is 2.62 bits per heavy atom. The standard InChI is InChI=1S/C13H26N2O/c1-3-15(11-6-4-5-7-11)13-10-16-9-8-12(13)14-2/h11-14H,3-10H2,1-2H3. The van der Waals surface area contributed by atoms with E-state index >= 15 is 0 Å². The highest BCUT2D eigenvalue weighted by molar-refractivity contribution is 4.90. The second-order valence-corrected chi connectivity index (χ2v) is 5.09. The molecule has 2 unspecified atom stereocenters. The molecule has 1 saturated heterocycles. The van der Waals surface area contributed by atoms with Crippen molar-refractivity contribution in [2.75, 3.05) is 26.8 Å². The first-order valence-corrected chi connectivity index (χ1v) is 6.87. The summed E-state index contributed by atoms with van der Waals surface area (Å²) in [6.45, 7) is 5.29. The minimum absolute atomic E-state index is 0.590. The molecule has 2 aliphatic rings. The van der Waals surface area contributed by atoms with E-state index in [-0.39, 0.29) is 0 Å². The van der Waals surface area contributed by atoms with Crippen LogP contribution in [0.15, 0.2) is 0 Å². The molecule has 16 heavy (non-hydrogen) atoms. The molecule has 3 heteroatoms. The minimum atomic E-state index is 0.590. The average molecular weight is 226 g/mol. The molecule has 1 heterocycles. The van der Waals surface area contributed by atoms with Crippen LogP contribution in [0.4, 0.5) is 0 Å². The SMILES string of the molecule is CCN(C1CCCC1)C1COCCC1NC. The molecule has 0 aromatic rings. The molecule has 0 aromatic carbocycles. The number of nitrogens with one attached hydrogen (secondary N) is 1. The molecule has 94 valence electrons. The molecule has 2 atom stereocenters. The molecule has 1 saturated carbocycles. The van der Waals surface area contributed by atoms with Crippen LogP contribution >= 0.6 is 0 Å². The molecular formula is C13H26N2O. The summed E-state index contributed by atoms with van der Waals surface area (Å²) in [6, 6.07) is 2.02. The van der Waals surface area contributed by atoms with Crippen LogP contribution in [0.2, 0.25) is 0 Å². The van der Waals surface area contributed by atoms with Gasteiger partial charge in [0.25, 0.3) is 0 Å². The zero-order valence-electron chi connectivity index (χ0n) is 10.7. The molecular weight excluding hydrogens is 200 g/mol. The van der Waals surface area contributed by atoms with Crippen molar-refractivity contribution in [3.63, 3.8) is 0 Å². The van der Waals surface area contributed by atoms with Crippen molar-refractivity contribution >= 4 is 0 Å². The van der Waals surface area contributed by atoms with Crippen LogP contribution in [-0.2, 0) is 4.74 Å². The van der Waals surface area contributed by atoms with Gasteiger partial charge in [-0.2, -0.15) is 0 Å². The van der Waals surface area contributed by atoms with Gasteiger partial charge in [-0.25, -0.2) is 0 Å². The molecule has 0 bridgehead atoms. The first kappa shape index (κ1) is 12.3. The van der Waals surface area contributed by atoms with Crippen LogP contribution in [0.1, 0.15) is 39.0 Å². The number of likely N-dealkylation sites (N-methyl/N-ethyl adjacent to an activating group) is 2. The van der Waals surface area contributed by atoms with E-state index in [1.807, 2.05) is 0 Å². The Morgan fingerprint density at radius 2 is 2.00 bits per heavy atom. The molecule has 0 aromatic heterocycles.